The lowest BCUT2D eigenvalue weighted by Gasteiger charge is -2.11. The molecule has 7 nitrogen and oxygen atoms in total. The molecule has 0 atom stereocenters. The molecule has 0 unspecified atom stereocenters. The van der Waals surface area contributed by atoms with E-state index < -0.39 is 15.9 Å². The number of carbonyl (C=O) groups excluding carboxylic acids is 1. The van der Waals surface area contributed by atoms with E-state index in [-0.39, 0.29) is 28.4 Å². The summed E-state index contributed by atoms with van der Waals surface area (Å²) in [6.07, 6.45) is 1.46. The molecule has 3 rings (SSSR count). The van der Waals surface area contributed by atoms with E-state index in [4.69, 9.17) is 4.42 Å². The molecule has 0 saturated carbocycles. The molecule has 0 spiro atoms. The topological polar surface area (TPSA) is 109 Å². The fraction of sp³-hybridized carbons (Fsp3) is 0.105. The zero-order valence-electron chi connectivity index (χ0n) is 14.5. The summed E-state index contributed by atoms with van der Waals surface area (Å²) in [5.41, 5.74) is 1.04. The third kappa shape index (κ3) is 4.36. The molecule has 1 heterocycles. The lowest BCUT2D eigenvalue weighted by molar-refractivity contribution is 0.102. The number of hydrogen-bond acceptors (Lipinski definition) is 5. The first kappa shape index (κ1) is 18.7. The van der Waals surface area contributed by atoms with Gasteiger partial charge in [-0.2, -0.15) is 0 Å². The Balaban J connectivity index is 1.83. The second-order valence-electron chi connectivity index (χ2n) is 5.85. The highest BCUT2D eigenvalue weighted by Crippen LogP contribution is 2.23. The molecule has 0 aliphatic rings. The number of para-hydroxylation sites is 2. The van der Waals surface area contributed by atoms with Crippen molar-refractivity contribution in [2.45, 2.75) is 18.4 Å². The third-order valence-electron chi connectivity index (χ3n) is 3.93. The Kier molecular flexibility index (Phi) is 5.29. The first-order valence-corrected chi connectivity index (χ1v) is 9.57. The molecule has 140 valence electrons. The van der Waals surface area contributed by atoms with E-state index in [1.54, 1.807) is 43.3 Å². The number of carbonyl (C=O) groups is 1. The zero-order chi connectivity index (χ0) is 19.4. The number of phenols is 1. The van der Waals surface area contributed by atoms with Gasteiger partial charge in [0.2, 0.25) is 10.0 Å². The minimum absolute atomic E-state index is 0.00261. The summed E-state index contributed by atoms with van der Waals surface area (Å²) in [6, 6.07) is 13.9. The maximum atomic E-state index is 12.6. The van der Waals surface area contributed by atoms with Gasteiger partial charge in [-0.3, -0.25) is 4.79 Å². The molecule has 0 radical (unpaired) electrons. The van der Waals surface area contributed by atoms with Crippen LogP contribution in [-0.4, -0.2) is 19.4 Å². The summed E-state index contributed by atoms with van der Waals surface area (Å²) in [4.78, 5) is 12.5. The number of phenolic OH excluding ortho intramolecular Hbond substituents is 1. The van der Waals surface area contributed by atoms with E-state index in [2.05, 4.69) is 10.0 Å². The van der Waals surface area contributed by atoms with Gasteiger partial charge >= 0.3 is 0 Å². The van der Waals surface area contributed by atoms with Gasteiger partial charge in [0.25, 0.3) is 5.91 Å². The van der Waals surface area contributed by atoms with Crippen molar-refractivity contribution in [3.05, 3.63) is 77.7 Å². The lowest BCUT2D eigenvalue weighted by Crippen LogP contribution is -2.24. The predicted molar refractivity (Wildman–Crippen MR) is 100.0 cm³/mol. The number of anilines is 1. The average molecular weight is 386 g/mol. The monoisotopic (exact) mass is 386 g/mol. The van der Waals surface area contributed by atoms with Crippen molar-refractivity contribution in [2.24, 2.45) is 0 Å². The molecule has 1 amide bonds. The van der Waals surface area contributed by atoms with Crippen LogP contribution in [0.3, 0.4) is 0 Å². The summed E-state index contributed by atoms with van der Waals surface area (Å²) in [6.45, 7) is 1.70. The number of aryl methyl sites for hydroxylation is 1. The molecule has 0 saturated heterocycles. The first-order valence-electron chi connectivity index (χ1n) is 8.09. The van der Waals surface area contributed by atoms with Crippen LogP contribution >= 0.6 is 0 Å². The minimum Gasteiger partial charge on any atom is -0.506 e. The molecule has 8 heteroatoms. The Morgan fingerprint density at radius 3 is 2.59 bits per heavy atom. The van der Waals surface area contributed by atoms with Crippen LogP contribution in [0, 0.1) is 6.92 Å². The number of sulfonamides is 1. The van der Waals surface area contributed by atoms with Crippen LogP contribution in [0.4, 0.5) is 5.69 Å². The summed E-state index contributed by atoms with van der Waals surface area (Å²) in [7, 11) is -3.83. The smallest absolute Gasteiger partial charge is 0.256 e. The summed E-state index contributed by atoms with van der Waals surface area (Å²) >= 11 is 0. The van der Waals surface area contributed by atoms with Gasteiger partial charge in [-0.05, 0) is 48.9 Å². The summed E-state index contributed by atoms with van der Waals surface area (Å²) in [5, 5.41) is 12.4. The van der Waals surface area contributed by atoms with Crippen LogP contribution in [0.2, 0.25) is 0 Å². The largest absolute Gasteiger partial charge is 0.506 e. The molecule has 0 aliphatic carbocycles. The van der Waals surface area contributed by atoms with Crippen molar-refractivity contribution >= 4 is 21.6 Å². The number of nitrogens with one attached hydrogen (secondary N) is 2. The Bertz CT molecular complexity index is 1060. The number of aromatic hydroxyl groups is 1. The molecule has 0 fully saturated rings. The van der Waals surface area contributed by atoms with Gasteiger partial charge in [0.1, 0.15) is 11.5 Å². The van der Waals surface area contributed by atoms with Crippen molar-refractivity contribution in [3.8, 4) is 5.75 Å². The molecule has 0 bridgehead atoms. The number of amides is 1. The second-order valence-corrected chi connectivity index (χ2v) is 7.62. The molecule has 0 aliphatic heterocycles. The van der Waals surface area contributed by atoms with E-state index in [9.17, 15) is 18.3 Å². The van der Waals surface area contributed by atoms with Crippen molar-refractivity contribution < 1.29 is 22.7 Å². The number of hydrogen-bond donors (Lipinski definition) is 3. The maximum absolute atomic E-state index is 12.6. The predicted octanol–water partition coefficient (Wildman–Crippen LogP) is 3.02. The van der Waals surface area contributed by atoms with E-state index in [0.717, 1.165) is 0 Å². The van der Waals surface area contributed by atoms with Gasteiger partial charge in [0.15, 0.2) is 0 Å². The number of furan rings is 1. The Labute approximate surface area is 156 Å². The van der Waals surface area contributed by atoms with Crippen molar-refractivity contribution in [1.82, 2.24) is 4.72 Å². The molecule has 1 aromatic heterocycles. The van der Waals surface area contributed by atoms with Gasteiger partial charge < -0.3 is 14.8 Å². The van der Waals surface area contributed by atoms with E-state index >= 15 is 0 Å². The molecule has 27 heavy (non-hydrogen) atoms. The fourth-order valence-corrected chi connectivity index (χ4v) is 3.46. The van der Waals surface area contributed by atoms with Gasteiger partial charge in [-0.1, -0.05) is 18.2 Å². The third-order valence-corrected chi connectivity index (χ3v) is 5.33. The van der Waals surface area contributed by atoms with Gasteiger partial charge in [0.05, 0.1) is 23.4 Å². The highest BCUT2D eigenvalue weighted by atomic mass is 32.2. The van der Waals surface area contributed by atoms with Gasteiger partial charge in [-0.25, -0.2) is 13.1 Å². The number of rotatable bonds is 6. The normalized spacial score (nSPS) is 11.3. The molecule has 2 aromatic carbocycles. The minimum atomic E-state index is -3.83. The SMILES string of the molecule is Cc1ccc(S(=O)(=O)NCc2ccco2)cc1C(=O)Nc1ccccc1O. The number of benzene rings is 2. The Morgan fingerprint density at radius 1 is 1.11 bits per heavy atom. The van der Waals surface area contributed by atoms with Crippen LogP contribution in [0.1, 0.15) is 21.7 Å². The van der Waals surface area contributed by atoms with Crippen LogP contribution < -0.4 is 10.0 Å². The lowest BCUT2D eigenvalue weighted by atomic mass is 10.1. The van der Waals surface area contributed by atoms with Gasteiger partial charge in [0, 0.05) is 5.56 Å². The van der Waals surface area contributed by atoms with E-state index in [1.807, 2.05) is 0 Å². The highest BCUT2D eigenvalue weighted by molar-refractivity contribution is 7.89. The van der Waals surface area contributed by atoms with Crippen molar-refractivity contribution in [2.75, 3.05) is 5.32 Å². The Morgan fingerprint density at radius 2 is 1.89 bits per heavy atom. The van der Waals surface area contributed by atoms with Gasteiger partial charge in [-0.15, -0.1) is 0 Å². The van der Waals surface area contributed by atoms with E-state index in [0.29, 0.717) is 11.3 Å². The van der Waals surface area contributed by atoms with Crippen molar-refractivity contribution in [3.63, 3.8) is 0 Å². The molecular weight excluding hydrogens is 368 g/mol. The fourth-order valence-electron chi connectivity index (χ4n) is 2.44. The first-order chi connectivity index (χ1) is 12.9. The molecule has 3 aromatic rings. The second kappa shape index (κ2) is 7.65. The van der Waals surface area contributed by atoms with Crippen LogP contribution in [0.15, 0.2) is 70.2 Å². The zero-order valence-corrected chi connectivity index (χ0v) is 15.3. The Hall–Kier alpha value is -3.10. The molecular formula is C19H18N2O5S. The van der Waals surface area contributed by atoms with E-state index in [1.165, 1.54) is 24.5 Å². The summed E-state index contributed by atoms with van der Waals surface area (Å²) < 4.78 is 32.5. The van der Waals surface area contributed by atoms with Crippen LogP contribution in [0.5, 0.6) is 5.75 Å². The van der Waals surface area contributed by atoms with Crippen molar-refractivity contribution in [1.29, 1.82) is 0 Å². The summed E-state index contributed by atoms with van der Waals surface area (Å²) in [5.74, 6) is -0.118. The molecule has 3 N–H and O–H groups in total. The standard InChI is InChI=1S/C19H18N2O5S/c1-13-8-9-15(27(24,25)20-12-14-5-4-10-26-14)11-16(13)19(23)21-17-6-2-3-7-18(17)22/h2-11,20,22H,12H2,1H3,(H,21,23). The van der Waals surface area contributed by atoms with Crippen LogP contribution in [-0.2, 0) is 16.6 Å². The highest BCUT2D eigenvalue weighted by Gasteiger charge is 2.19. The average Bonchev–Trinajstić information content (AvgIpc) is 3.16. The van der Waals surface area contributed by atoms with Crippen LogP contribution in [0.25, 0.3) is 0 Å². The quantitative estimate of drug-likeness (QED) is 0.564. The maximum Gasteiger partial charge on any atom is 0.256 e.